The minimum absolute atomic E-state index is 0.298. The van der Waals surface area contributed by atoms with E-state index in [0.29, 0.717) is 24.5 Å². The number of benzene rings is 1. The van der Waals surface area contributed by atoms with Crippen LogP contribution in [0.1, 0.15) is 36.3 Å². The molecule has 1 atom stereocenters. The molecule has 1 N–H and O–H groups in total. The second-order valence-corrected chi connectivity index (χ2v) is 4.40. The van der Waals surface area contributed by atoms with E-state index >= 15 is 0 Å². The van der Waals surface area contributed by atoms with Crippen molar-refractivity contribution in [1.29, 1.82) is 5.26 Å². The number of nitrogens with zero attached hydrogens (tertiary/aromatic N) is 2. The minimum Gasteiger partial charge on any atom is -0.489 e. The van der Waals surface area contributed by atoms with Gasteiger partial charge in [0.25, 0.3) is 0 Å². The summed E-state index contributed by atoms with van der Waals surface area (Å²) in [6.07, 6.45) is 1.83. The lowest BCUT2D eigenvalue weighted by Crippen LogP contribution is -2.00. The van der Waals surface area contributed by atoms with Crippen molar-refractivity contribution < 1.29 is 9.84 Å². The molecule has 0 aliphatic rings. The van der Waals surface area contributed by atoms with Crippen LogP contribution in [0.2, 0.25) is 0 Å². The quantitative estimate of drug-likeness (QED) is 0.905. The summed E-state index contributed by atoms with van der Waals surface area (Å²) in [6, 6.07) is 13.0. The van der Waals surface area contributed by atoms with Crippen LogP contribution in [-0.4, -0.2) is 10.1 Å². The molecule has 0 amide bonds. The zero-order chi connectivity index (χ0) is 14.4. The molecule has 2 aromatic rings. The summed E-state index contributed by atoms with van der Waals surface area (Å²) in [7, 11) is 0. The van der Waals surface area contributed by atoms with Gasteiger partial charge in [0.2, 0.25) is 0 Å². The molecule has 20 heavy (non-hydrogen) atoms. The summed E-state index contributed by atoms with van der Waals surface area (Å²) in [6.45, 7) is 2.23. The van der Waals surface area contributed by atoms with Crippen LogP contribution in [0.3, 0.4) is 0 Å². The fraction of sp³-hybridized carbons (Fsp3) is 0.250. The van der Waals surface area contributed by atoms with Gasteiger partial charge in [-0.05, 0) is 30.2 Å². The minimum atomic E-state index is -0.437. The third-order valence-electron chi connectivity index (χ3n) is 3.04. The number of pyridine rings is 1. The summed E-state index contributed by atoms with van der Waals surface area (Å²) >= 11 is 0. The zero-order valence-corrected chi connectivity index (χ0v) is 11.3. The van der Waals surface area contributed by atoms with Gasteiger partial charge in [0.05, 0.1) is 6.10 Å². The molecule has 0 aliphatic carbocycles. The van der Waals surface area contributed by atoms with E-state index in [4.69, 9.17) is 10.00 Å². The van der Waals surface area contributed by atoms with Gasteiger partial charge in [-0.1, -0.05) is 25.1 Å². The first-order chi connectivity index (χ1) is 9.74. The maximum Gasteiger partial charge on any atom is 0.147 e. The normalized spacial score (nSPS) is 11.7. The molecular formula is C16H16N2O2. The molecule has 1 aromatic carbocycles. The molecule has 102 valence electrons. The molecule has 1 aromatic heterocycles. The maximum absolute atomic E-state index is 9.71. The van der Waals surface area contributed by atoms with Crippen LogP contribution in [0.4, 0.5) is 0 Å². The Morgan fingerprint density at radius 2 is 2.05 bits per heavy atom. The van der Waals surface area contributed by atoms with Gasteiger partial charge < -0.3 is 9.84 Å². The number of hydrogen-bond acceptors (Lipinski definition) is 4. The number of aliphatic hydroxyl groups excluding tert-OH is 1. The van der Waals surface area contributed by atoms with Crippen molar-refractivity contribution in [3.8, 4) is 11.8 Å². The van der Waals surface area contributed by atoms with E-state index in [9.17, 15) is 5.11 Å². The first-order valence-corrected chi connectivity index (χ1v) is 6.49. The van der Waals surface area contributed by atoms with E-state index < -0.39 is 6.10 Å². The number of aliphatic hydroxyl groups is 1. The molecule has 1 heterocycles. The van der Waals surface area contributed by atoms with E-state index in [0.717, 1.165) is 11.1 Å². The largest absolute Gasteiger partial charge is 0.489 e. The van der Waals surface area contributed by atoms with Crippen molar-refractivity contribution in [2.45, 2.75) is 26.1 Å². The topological polar surface area (TPSA) is 66.1 Å². The number of rotatable bonds is 5. The van der Waals surface area contributed by atoms with Crippen LogP contribution in [0.5, 0.6) is 5.75 Å². The summed E-state index contributed by atoms with van der Waals surface area (Å²) in [5.41, 5.74) is 2.01. The van der Waals surface area contributed by atoms with Crippen molar-refractivity contribution in [3.05, 3.63) is 59.4 Å². The highest BCUT2D eigenvalue weighted by Crippen LogP contribution is 2.20. The van der Waals surface area contributed by atoms with Crippen LogP contribution in [0, 0.1) is 11.3 Å². The lowest BCUT2D eigenvalue weighted by atomic mass is 10.1. The van der Waals surface area contributed by atoms with E-state index in [1.807, 2.05) is 43.3 Å². The van der Waals surface area contributed by atoms with Crippen molar-refractivity contribution >= 4 is 0 Å². The molecule has 1 unspecified atom stereocenters. The molecular weight excluding hydrogens is 252 g/mol. The number of nitriles is 1. The Morgan fingerprint density at radius 1 is 1.30 bits per heavy atom. The Morgan fingerprint density at radius 3 is 2.70 bits per heavy atom. The summed E-state index contributed by atoms with van der Waals surface area (Å²) in [4.78, 5) is 3.98. The number of aromatic nitrogens is 1. The predicted octanol–water partition coefficient (Wildman–Crippen LogP) is 2.98. The highest BCUT2D eigenvalue weighted by molar-refractivity contribution is 5.32. The van der Waals surface area contributed by atoms with E-state index in [1.54, 1.807) is 12.3 Å². The Hall–Kier alpha value is -2.38. The maximum atomic E-state index is 9.71. The first kappa shape index (κ1) is 14.0. The van der Waals surface area contributed by atoms with Gasteiger partial charge >= 0.3 is 0 Å². The molecule has 0 bridgehead atoms. The van der Waals surface area contributed by atoms with Crippen LogP contribution in [-0.2, 0) is 6.61 Å². The zero-order valence-electron chi connectivity index (χ0n) is 11.3. The molecule has 0 saturated heterocycles. The van der Waals surface area contributed by atoms with E-state index in [1.165, 1.54) is 0 Å². The summed E-state index contributed by atoms with van der Waals surface area (Å²) < 4.78 is 5.63. The average molecular weight is 268 g/mol. The Balaban J connectivity index is 2.03. The molecule has 0 fully saturated rings. The third-order valence-corrected chi connectivity index (χ3v) is 3.04. The highest BCUT2D eigenvalue weighted by Gasteiger charge is 2.06. The van der Waals surface area contributed by atoms with Crippen molar-refractivity contribution in [2.24, 2.45) is 0 Å². The fourth-order valence-corrected chi connectivity index (χ4v) is 1.84. The number of ether oxygens (including phenoxy) is 1. The van der Waals surface area contributed by atoms with Crippen LogP contribution in [0.15, 0.2) is 42.6 Å². The lowest BCUT2D eigenvalue weighted by Gasteiger charge is -2.10. The lowest BCUT2D eigenvalue weighted by molar-refractivity contribution is 0.173. The standard InChI is InChI=1S/C16H16N2O2/c1-2-16(19)12-5-7-14(8-6-12)20-11-13-4-3-9-18-15(13)10-17/h3-9,16,19H,2,11H2,1H3. The summed E-state index contributed by atoms with van der Waals surface area (Å²) in [5, 5.41) is 18.7. The Kier molecular flexibility index (Phi) is 4.70. The molecule has 4 nitrogen and oxygen atoms in total. The van der Waals surface area contributed by atoms with Gasteiger partial charge in [-0.2, -0.15) is 5.26 Å². The number of hydrogen-bond donors (Lipinski definition) is 1. The second-order valence-electron chi connectivity index (χ2n) is 4.40. The van der Waals surface area contributed by atoms with Crippen LogP contribution >= 0.6 is 0 Å². The van der Waals surface area contributed by atoms with Crippen LogP contribution < -0.4 is 4.74 Å². The highest BCUT2D eigenvalue weighted by atomic mass is 16.5. The van der Waals surface area contributed by atoms with Crippen molar-refractivity contribution in [2.75, 3.05) is 0 Å². The Labute approximate surface area is 118 Å². The second kappa shape index (κ2) is 6.69. The SMILES string of the molecule is CCC(O)c1ccc(OCc2cccnc2C#N)cc1. The molecule has 4 heteroatoms. The monoisotopic (exact) mass is 268 g/mol. The molecule has 0 saturated carbocycles. The molecule has 2 rings (SSSR count). The van der Waals surface area contributed by atoms with Gasteiger partial charge in [0.1, 0.15) is 24.1 Å². The Bertz CT molecular complexity index is 603. The van der Waals surface area contributed by atoms with E-state index in [-0.39, 0.29) is 0 Å². The van der Waals surface area contributed by atoms with Crippen molar-refractivity contribution in [3.63, 3.8) is 0 Å². The predicted molar refractivity (Wildman–Crippen MR) is 75.0 cm³/mol. The molecule has 0 radical (unpaired) electrons. The van der Waals surface area contributed by atoms with Crippen LogP contribution in [0.25, 0.3) is 0 Å². The fourth-order valence-electron chi connectivity index (χ4n) is 1.84. The van der Waals surface area contributed by atoms with Gasteiger partial charge in [-0.15, -0.1) is 0 Å². The van der Waals surface area contributed by atoms with Gasteiger partial charge in [-0.25, -0.2) is 4.98 Å². The van der Waals surface area contributed by atoms with Gasteiger partial charge in [0.15, 0.2) is 0 Å². The molecule has 0 spiro atoms. The first-order valence-electron chi connectivity index (χ1n) is 6.49. The van der Waals surface area contributed by atoms with Gasteiger partial charge in [-0.3, -0.25) is 0 Å². The molecule has 0 aliphatic heterocycles. The van der Waals surface area contributed by atoms with Gasteiger partial charge in [0, 0.05) is 11.8 Å². The smallest absolute Gasteiger partial charge is 0.147 e. The van der Waals surface area contributed by atoms with E-state index in [2.05, 4.69) is 4.98 Å². The third kappa shape index (κ3) is 3.34. The average Bonchev–Trinajstić information content (AvgIpc) is 2.53. The summed E-state index contributed by atoms with van der Waals surface area (Å²) in [5.74, 6) is 0.699. The van der Waals surface area contributed by atoms with Crippen molar-refractivity contribution in [1.82, 2.24) is 4.98 Å².